The fraction of sp³-hybridized carbons (Fsp3) is 0.316. The Kier molecular flexibility index (Phi) is 3.60. The molecule has 0 unspecified atom stereocenters. The Balaban J connectivity index is 1.53. The van der Waals surface area contributed by atoms with Crippen LogP contribution in [0.5, 0.6) is 0 Å². The van der Waals surface area contributed by atoms with Crippen molar-refractivity contribution in [2.24, 2.45) is 0 Å². The zero-order valence-corrected chi connectivity index (χ0v) is 14.2. The molecule has 0 bridgehead atoms. The van der Waals surface area contributed by atoms with Crippen LogP contribution < -0.4 is 4.90 Å². The van der Waals surface area contributed by atoms with Gasteiger partial charge in [-0.3, -0.25) is 4.98 Å². The molecular formula is C19H18N6O. The Morgan fingerprint density at radius 1 is 1.04 bits per heavy atom. The molecule has 3 aromatic heterocycles. The van der Waals surface area contributed by atoms with Crippen molar-refractivity contribution in [2.45, 2.75) is 18.4 Å². The third-order valence-corrected chi connectivity index (χ3v) is 5.11. The molecule has 1 saturated heterocycles. The number of fused-ring (bicyclic) bond motifs is 2. The molecule has 0 N–H and O–H groups in total. The van der Waals surface area contributed by atoms with E-state index in [1.54, 1.807) is 24.8 Å². The lowest BCUT2D eigenvalue weighted by molar-refractivity contribution is 0.0557. The largest absolute Gasteiger partial charge is 0.376 e. The summed E-state index contributed by atoms with van der Waals surface area (Å²) in [5, 5.41) is 0. The third-order valence-electron chi connectivity index (χ3n) is 5.11. The summed E-state index contributed by atoms with van der Waals surface area (Å²) in [6.07, 6.45) is 9.97. The van der Waals surface area contributed by atoms with Crippen molar-refractivity contribution in [3.63, 3.8) is 0 Å². The highest BCUT2D eigenvalue weighted by Crippen LogP contribution is 2.40. The zero-order valence-electron chi connectivity index (χ0n) is 14.2. The standard InChI is InChI=1S/C19H18N6O/c1-3-14(9-20-5-1)17-23-10-15-11-26-13-19(16(15)24-17)4-8-25(12-19)18-21-6-2-7-22-18/h1-3,5-7,9-10H,4,8,11-13H2/t19-/m1/s1. The Bertz CT molecular complexity index is 920. The molecule has 0 aromatic carbocycles. The molecule has 0 radical (unpaired) electrons. The molecule has 1 spiro atoms. The molecule has 5 rings (SSSR count). The third kappa shape index (κ3) is 2.52. The molecule has 0 aliphatic carbocycles. The summed E-state index contributed by atoms with van der Waals surface area (Å²) in [6, 6.07) is 5.72. The van der Waals surface area contributed by atoms with E-state index in [0.717, 1.165) is 42.3 Å². The highest BCUT2D eigenvalue weighted by atomic mass is 16.5. The zero-order chi connectivity index (χ0) is 17.4. The van der Waals surface area contributed by atoms with Crippen molar-refractivity contribution < 1.29 is 4.74 Å². The van der Waals surface area contributed by atoms with E-state index in [-0.39, 0.29) is 5.41 Å². The molecule has 0 saturated carbocycles. The maximum atomic E-state index is 5.90. The molecule has 2 aliphatic rings. The van der Waals surface area contributed by atoms with E-state index in [4.69, 9.17) is 9.72 Å². The van der Waals surface area contributed by atoms with Crippen molar-refractivity contribution in [3.05, 3.63) is 60.4 Å². The van der Waals surface area contributed by atoms with Crippen LogP contribution in [0.2, 0.25) is 0 Å². The van der Waals surface area contributed by atoms with Crippen LogP contribution in [0.3, 0.4) is 0 Å². The minimum absolute atomic E-state index is 0.146. The predicted octanol–water partition coefficient (Wildman–Crippen LogP) is 2.01. The fourth-order valence-corrected chi connectivity index (χ4v) is 3.84. The van der Waals surface area contributed by atoms with Gasteiger partial charge in [-0.25, -0.2) is 19.9 Å². The van der Waals surface area contributed by atoms with E-state index >= 15 is 0 Å². The van der Waals surface area contributed by atoms with Crippen LogP contribution in [0, 0.1) is 0 Å². The van der Waals surface area contributed by atoms with Crippen LogP contribution in [0.1, 0.15) is 17.7 Å². The molecule has 5 heterocycles. The molecule has 130 valence electrons. The average Bonchev–Trinajstić information content (AvgIpc) is 3.14. The van der Waals surface area contributed by atoms with Crippen molar-refractivity contribution in [1.29, 1.82) is 0 Å². The molecule has 2 aliphatic heterocycles. The molecule has 7 nitrogen and oxygen atoms in total. The molecule has 26 heavy (non-hydrogen) atoms. The number of hydrogen-bond acceptors (Lipinski definition) is 7. The maximum absolute atomic E-state index is 5.90. The summed E-state index contributed by atoms with van der Waals surface area (Å²) in [4.78, 5) is 24.7. The number of hydrogen-bond donors (Lipinski definition) is 0. The van der Waals surface area contributed by atoms with Crippen molar-refractivity contribution in [1.82, 2.24) is 24.9 Å². The molecule has 1 fully saturated rings. The summed E-state index contributed by atoms with van der Waals surface area (Å²) in [5.41, 5.74) is 2.95. The van der Waals surface area contributed by atoms with Gasteiger partial charge in [0.2, 0.25) is 5.95 Å². The minimum atomic E-state index is -0.146. The van der Waals surface area contributed by atoms with Gasteiger partial charge in [0.25, 0.3) is 0 Å². The maximum Gasteiger partial charge on any atom is 0.225 e. The van der Waals surface area contributed by atoms with E-state index in [1.165, 1.54) is 0 Å². The average molecular weight is 346 g/mol. The highest BCUT2D eigenvalue weighted by Gasteiger charge is 2.45. The van der Waals surface area contributed by atoms with Crippen LogP contribution in [-0.4, -0.2) is 44.6 Å². The van der Waals surface area contributed by atoms with Gasteiger partial charge in [0.1, 0.15) is 0 Å². The van der Waals surface area contributed by atoms with E-state index in [2.05, 4.69) is 24.8 Å². The predicted molar refractivity (Wildman–Crippen MR) is 95.5 cm³/mol. The summed E-state index contributed by atoms with van der Waals surface area (Å²) in [7, 11) is 0. The first-order chi connectivity index (χ1) is 12.8. The van der Waals surface area contributed by atoms with E-state index in [0.29, 0.717) is 19.0 Å². The highest BCUT2D eigenvalue weighted by molar-refractivity contribution is 5.54. The molecule has 1 atom stereocenters. The topological polar surface area (TPSA) is 76.9 Å². The van der Waals surface area contributed by atoms with Crippen molar-refractivity contribution in [2.75, 3.05) is 24.6 Å². The Hall–Kier alpha value is -2.93. The number of aromatic nitrogens is 5. The van der Waals surface area contributed by atoms with Crippen LogP contribution in [0.25, 0.3) is 11.4 Å². The van der Waals surface area contributed by atoms with Crippen LogP contribution in [0.4, 0.5) is 5.95 Å². The summed E-state index contributed by atoms with van der Waals surface area (Å²) < 4.78 is 5.90. The van der Waals surface area contributed by atoms with Crippen LogP contribution >= 0.6 is 0 Å². The first-order valence-electron chi connectivity index (χ1n) is 8.71. The van der Waals surface area contributed by atoms with Gasteiger partial charge < -0.3 is 9.64 Å². The Morgan fingerprint density at radius 3 is 2.81 bits per heavy atom. The lowest BCUT2D eigenvalue weighted by atomic mass is 9.80. The van der Waals surface area contributed by atoms with Gasteiger partial charge in [0.05, 0.1) is 24.3 Å². The quantitative estimate of drug-likeness (QED) is 0.702. The second-order valence-electron chi connectivity index (χ2n) is 6.80. The van der Waals surface area contributed by atoms with Gasteiger partial charge >= 0.3 is 0 Å². The SMILES string of the molecule is c1cnc(N2CC[C@]3(COCc4cnc(-c5cccnc5)nc43)C2)nc1. The normalized spacial score (nSPS) is 21.8. The van der Waals surface area contributed by atoms with Gasteiger partial charge in [0.15, 0.2) is 5.82 Å². The number of pyridine rings is 1. The fourth-order valence-electron chi connectivity index (χ4n) is 3.84. The van der Waals surface area contributed by atoms with Gasteiger partial charge in [-0.15, -0.1) is 0 Å². The van der Waals surface area contributed by atoms with Crippen LogP contribution in [-0.2, 0) is 16.8 Å². The second kappa shape index (κ2) is 6.10. The second-order valence-corrected chi connectivity index (χ2v) is 6.80. The number of rotatable bonds is 2. The van der Waals surface area contributed by atoms with Gasteiger partial charge in [-0.2, -0.15) is 0 Å². The van der Waals surface area contributed by atoms with E-state index in [1.807, 2.05) is 24.4 Å². The summed E-state index contributed by atoms with van der Waals surface area (Å²) >= 11 is 0. The first-order valence-corrected chi connectivity index (χ1v) is 8.71. The molecule has 3 aromatic rings. The van der Waals surface area contributed by atoms with Crippen molar-refractivity contribution >= 4 is 5.95 Å². The molecule has 0 amide bonds. The van der Waals surface area contributed by atoms with E-state index in [9.17, 15) is 0 Å². The first kappa shape index (κ1) is 15.3. The lowest BCUT2D eigenvalue weighted by Crippen LogP contribution is -2.40. The lowest BCUT2D eigenvalue weighted by Gasteiger charge is -2.34. The van der Waals surface area contributed by atoms with Gasteiger partial charge in [-0.1, -0.05) is 0 Å². The molecule has 7 heteroatoms. The smallest absolute Gasteiger partial charge is 0.225 e. The Morgan fingerprint density at radius 2 is 1.96 bits per heavy atom. The van der Waals surface area contributed by atoms with Gasteiger partial charge in [0, 0.05) is 55.2 Å². The number of anilines is 1. The number of nitrogens with zero attached hydrogens (tertiary/aromatic N) is 6. The summed E-state index contributed by atoms with van der Waals surface area (Å²) in [6.45, 7) is 2.91. The van der Waals surface area contributed by atoms with Crippen molar-refractivity contribution in [3.8, 4) is 11.4 Å². The summed E-state index contributed by atoms with van der Waals surface area (Å²) in [5.74, 6) is 1.48. The minimum Gasteiger partial charge on any atom is -0.376 e. The van der Waals surface area contributed by atoms with Crippen LogP contribution in [0.15, 0.2) is 49.2 Å². The Labute approximate surface area is 151 Å². The van der Waals surface area contributed by atoms with Gasteiger partial charge in [-0.05, 0) is 24.6 Å². The monoisotopic (exact) mass is 346 g/mol. The van der Waals surface area contributed by atoms with E-state index < -0.39 is 0 Å². The number of ether oxygens (including phenoxy) is 1. The molecular weight excluding hydrogens is 328 g/mol.